The van der Waals surface area contributed by atoms with Crippen LogP contribution in [0, 0.1) is 6.67 Å². The zero-order chi connectivity index (χ0) is 13.0. The van der Waals surface area contributed by atoms with E-state index in [9.17, 15) is 0 Å². The van der Waals surface area contributed by atoms with Crippen molar-refractivity contribution in [2.45, 2.75) is 32.6 Å². The SMILES string of the molecule is CCCCCCOc1ccc2c(c1)N(C)[C]N2C. The van der Waals surface area contributed by atoms with Crippen molar-refractivity contribution in [1.29, 1.82) is 0 Å². The van der Waals surface area contributed by atoms with Crippen LogP contribution in [0.25, 0.3) is 0 Å². The first kappa shape index (κ1) is 13.1. The quantitative estimate of drug-likeness (QED) is 0.714. The number of nitrogens with zero attached hydrogens (tertiary/aromatic N) is 2. The molecule has 0 saturated carbocycles. The van der Waals surface area contributed by atoms with Crippen molar-refractivity contribution >= 4 is 11.4 Å². The molecule has 0 aliphatic carbocycles. The monoisotopic (exact) mass is 246 g/mol. The van der Waals surface area contributed by atoms with Gasteiger partial charge in [-0.25, -0.2) is 0 Å². The third-order valence-electron chi connectivity index (χ3n) is 3.24. The number of ether oxygens (including phenoxy) is 1. The van der Waals surface area contributed by atoms with Crippen molar-refractivity contribution in [3.05, 3.63) is 24.9 Å². The number of anilines is 2. The zero-order valence-corrected chi connectivity index (χ0v) is 11.6. The van der Waals surface area contributed by atoms with E-state index in [1.165, 1.54) is 24.9 Å². The lowest BCUT2D eigenvalue weighted by molar-refractivity contribution is 0.305. The minimum absolute atomic E-state index is 0.811. The molecule has 2 radical (unpaired) electrons. The summed E-state index contributed by atoms with van der Waals surface area (Å²) >= 11 is 0. The van der Waals surface area contributed by atoms with Gasteiger partial charge in [0.25, 0.3) is 0 Å². The topological polar surface area (TPSA) is 15.7 Å². The fourth-order valence-electron chi connectivity index (χ4n) is 2.20. The Bertz CT molecular complexity index is 392. The van der Waals surface area contributed by atoms with E-state index < -0.39 is 0 Å². The van der Waals surface area contributed by atoms with E-state index in [4.69, 9.17) is 4.74 Å². The molecule has 2 rings (SSSR count). The number of unbranched alkanes of at least 4 members (excludes halogenated alkanes) is 3. The Morgan fingerprint density at radius 2 is 1.83 bits per heavy atom. The lowest BCUT2D eigenvalue weighted by atomic mass is 10.2. The fraction of sp³-hybridized carbons (Fsp3) is 0.533. The van der Waals surface area contributed by atoms with Crippen molar-refractivity contribution in [2.75, 3.05) is 30.5 Å². The lowest BCUT2D eigenvalue weighted by Gasteiger charge is -2.11. The molecule has 1 aliphatic rings. The van der Waals surface area contributed by atoms with Gasteiger partial charge in [0.05, 0.1) is 18.0 Å². The van der Waals surface area contributed by atoms with Crippen LogP contribution in [0.5, 0.6) is 5.75 Å². The van der Waals surface area contributed by atoms with Crippen LogP contribution in [0.4, 0.5) is 11.4 Å². The van der Waals surface area contributed by atoms with Gasteiger partial charge in [0.15, 0.2) is 0 Å². The maximum Gasteiger partial charge on any atom is 0.208 e. The molecular weight excluding hydrogens is 224 g/mol. The fourth-order valence-corrected chi connectivity index (χ4v) is 2.20. The second-order valence-electron chi connectivity index (χ2n) is 4.78. The predicted octanol–water partition coefficient (Wildman–Crippen LogP) is 3.53. The number of fused-ring (bicyclic) bond motifs is 1. The molecule has 0 atom stereocenters. The Kier molecular flexibility index (Phi) is 4.34. The number of benzene rings is 1. The Morgan fingerprint density at radius 3 is 2.61 bits per heavy atom. The zero-order valence-electron chi connectivity index (χ0n) is 11.6. The molecule has 3 nitrogen and oxygen atoms in total. The largest absolute Gasteiger partial charge is 0.494 e. The van der Waals surface area contributed by atoms with E-state index in [-0.39, 0.29) is 0 Å². The summed E-state index contributed by atoms with van der Waals surface area (Å²) in [6, 6.07) is 6.22. The van der Waals surface area contributed by atoms with Crippen LogP contribution in [-0.4, -0.2) is 20.7 Å². The molecule has 98 valence electrons. The van der Waals surface area contributed by atoms with Gasteiger partial charge in [-0.3, -0.25) is 0 Å². The molecule has 0 aromatic heterocycles. The van der Waals surface area contributed by atoms with Gasteiger partial charge in [0, 0.05) is 20.2 Å². The summed E-state index contributed by atoms with van der Waals surface area (Å²) in [4.78, 5) is 4.00. The van der Waals surface area contributed by atoms with Gasteiger partial charge in [-0.15, -0.1) is 0 Å². The summed E-state index contributed by atoms with van der Waals surface area (Å²) in [6.45, 7) is 6.24. The minimum atomic E-state index is 0.811. The Labute approximate surface area is 110 Å². The van der Waals surface area contributed by atoms with Crippen molar-refractivity contribution in [3.63, 3.8) is 0 Å². The maximum absolute atomic E-state index is 5.79. The van der Waals surface area contributed by atoms with Gasteiger partial charge in [0.2, 0.25) is 6.67 Å². The van der Waals surface area contributed by atoms with Crippen LogP contribution < -0.4 is 14.5 Å². The van der Waals surface area contributed by atoms with E-state index in [0.29, 0.717) is 0 Å². The molecule has 1 aromatic rings. The van der Waals surface area contributed by atoms with Crippen molar-refractivity contribution < 1.29 is 4.74 Å². The van der Waals surface area contributed by atoms with Crippen molar-refractivity contribution in [2.24, 2.45) is 0 Å². The molecular formula is C15H22N2O. The smallest absolute Gasteiger partial charge is 0.208 e. The molecule has 18 heavy (non-hydrogen) atoms. The van der Waals surface area contributed by atoms with E-state index in [0.717, 1.165) is 24.5 Å². The first-order valence-electron chi connectivity index (χ1n) is 6.73. The molecule has 0 fully saturated rings. The minimum Gasteiger partial charge on any atom is -0.494 e. The number of rotatable bonds is 6. The van der Waals surface area contributed by atoms with Crippen LogP contribution in [0.3, 0.4) is 0 Å². The van der Waals surface area contributed by atoms with Gasteiger partial charge >= 0.3 is 0 Å². The summed E-state index contributed by atoms with van der Waals surface area (Å²) in [7, 11) is 4.01. The summed E-state index contributed by atoms with van der Waals surface area (Å²) in [5, 5.41) is 0. The molecule has 1 aromatic carbocycles. The molecule has 1 aliphatic heterocycles. The summed E-state index contributed by atoms with van der Waals surface area (Å²) in [5.41, 5.74) is 2.33. The lowest BCUT2D eigenvalue weighted by Crippen LogP contribution is -2.16. The van der Waals surface area contributed by atoms with Crippen LogP contribution in [-0.2, 0) is 0 Å². The van der Waals surface area contributed by atoms with Gasteiger partial charge in [0.1, 0.15) is 5.75 Å². The third kappa shape index (κ3) is 2.89. The maximum atomic E-state index is 5.79. The molecule has 0 bridgehead atoms. The van der Waals surface area contributed by atoms with Crippen LogP contribution in [0.15, 0.2) is 18.2 Å². The highest BCUT2D eigenvalue weighted by Gasteiger charge is 2.22. The Morgan fingerprint density at radius 1 is 1.06 bits per heavy atom. The molecule has 3 heteroatoms. The van der Waals surface area contributed by atoms with Crippen LogP contribution in [0.1, 0.15) is 32.6 Å². The van der Waals surface area contributed by atoms with Crippen molar-refractivity contribution in [1.82, 2.24) is 0 Å². The average Bonchev–Trinajstić information content (AvgIpc) is 2.65. The summed E-state index contributed by atoms with van der Waals surface area (Å²) < 4.78 is 5.79. The number of hydrogen-bond acceptors (Lipinski definition) is 3. The molecule has 1 heterocycles. The summed E-state index contributed by atoms with van der Waals surface area (Å²) in [5.74, 6) is 0.953. The second kappa shape index (κ2) is 5.98. The first-order valence-corrected chi connectivity index (χ1v) is 6.73. The average molecular weight is 246 g/mol. The first-order chi connectivity index (χ1) is 8.72. The van der Waals surface area contributed by atoms with Crippen LogP contribution >= 0.6 is 0 Å². The highest BCUT2D eigenvalue weighted by atomic mass is 16.5. The Balaban J connectivity index is 1.89. The molecule has 0 unspecified atom stereocenters. The van der Waals surface area contributed by atoms with Crippen molar-refractivity contribution in [3.8, 4) is 5.75 Å². The van der Waals surface area contributed by atoms with E-state index in [1.807, 2.05) is 30.0 Å². The van der Waals surface area contributed by atoms with E-state index in [2.05, 4.69) is 25.7 Å². The van der Waals surface area contributed by atoms with Gasteiger partial charge in [-0.1, -0.05) is 26.2 Å². The van der Waals surface area contributed by atoms with E-state index >= 15 is 0 Å². The third-order valence-corrected chi connectivity index (χ3v) is 3.24. The van der Waals surface area contributed by atoms with Gasteiger partial charge < -0.3 is 14.5 Å². The molecule has 0 saturated heterocycles. The summed E-state index contributed by atoms with van der Waals surface area (Å²) in [6.07, 6.45) is 4.96. The second-order valence-corrected chi connectivity index (χ2v) is 4.78. The Hall–Kier alpha value is -1.38. The van der Waals surface area contributed by atoms with Gasteiger partial charge in [-0.05, 0) is 18.6 Å². The van der Waals surface area contributed by atoms with Gasteiger partial charge in [-0.2, -0.15) is 0 Å². The standard InChI is InChI=1S/C15H22N2O/c1-4-5-6-7-10-18-13-8-9-14-15(11-13)17(3)12-16(14)2/h8-9,11H,4-7,10H2,1-3H3. The molecule has 0 N–H and O–H groups in total. The highest BCUT2D eigenvalue weighted by molar-refractivity contribution is 5.79. The van der Waals surface area contributed by atoms with E-state index in [1.54, 1.807) is 0 Å². The molecule has 0 amide bonds. The normalized spacial score (nSPS) is 13.9. The number of hydrogen-bond donors (Lipinski definition) is 0. The molecule has 0 spiro atoms. The van der Waals surface area contributed by atoms with Crippen LogP contribution in [0.2, 0.25) is 0 Å². The predicted molar refractivity (Wildman–Crippen MR) is 76.1 cm³/mol. The highest BCUT2D eigenvalue weighted by Crippen LogP contribution is 2.38.